The van der Waals surface area contributed by atoms with Crippen LogP contribution in [0.3, 0.4) is 0 Å². The molecule has 0 aliphatic carbocycles. The van der Waals surface area contributed by atoms with Gasteiger partial charge in [-0.3, -0.25) is 0 Å². The zero-order valence-electron chi connectivity index (χ0n) is 36.3. The fourth-order valence-corrected chi connectivity index (χ4v) is 11.2. The molecule has 304 valence electrons. The van der Waals surface area contributed by atoms with Crippen LogP contribution in [0.15, 0.2) is 195 Å². The van der Waals surface area contributed by atoms with E-state index in [1.807, 2.05) is 18.2 Å². The lowest BCUT2D eigenvalue weighted by molar-refractivity contribution is 1.17. The van der Waals surface area contributed by atoms with E-state index in [0.717, 1.165) is 55.6 Å². The molecule has 0 radical (unpaired) electrons. The Balaban J connectivity index is 1.11. The molecule has 5 heteroatoms. The number of anilines is 4. The molecule has 0 saturated heterocycles. The summed E-state index contributed by atoms with van der Waals surface area (Å²) < 4.78 is 4.85. The number of aryl methyl sites for hydroxylation is 1. The standard InChI is InChI=1S/C58H48N4Si/c1-9-18-40(10-2)59(43-23-15-24-45(33-43)63(6,7)8)38(4)32-50-39(5)60-55-35-53-49-28-17-26-47-51-34-44(61(41-20-12-11-13-21-41)42-22-14-19-37(3)31-42)29-30-54(51)62(58(47)49)56(53)36-52(55)48-27-16-25-46(50)57(48)60/h9-36H,1-2,4-5H2,3,6-8H3/b40-18+,50-32+. The number of aromatic nitrogens is 2. The summed E-state index contributed by atoms with van der Waals surface area (Å²) in [5.74, 6) is 0. The minimum Gasteiger partial charge on any atom is -0.311 e. The Hall–Kier alpha value is -7.60. The van der Waals surface area contributed by atoms with E-state index in [-0.39, 0.29) is 0 Å². The van der Waals surface area contributed by atoms with Crippen LogP contribution in [0.4, 0.5) is 22.7 Å². The van der Waals surface area contributed by atoms with Crippen molar-refractivity contribution in [1.29, 1.82) is 0 Å². The Kier molecular flexibility index (Phi) is 8.66. The van der Waals surface area contributed by atoms with Crippen LogP contribution in [-0.2, 0) is 0 Å². The first kappa shape index (κ1) is 38.3. The van der Waals surface area contributed by atoms with Crippen molar-refractivity contribution in [3.63, 3.8) is 0 Å². The van der Waals surface area contributed by atoms with E-state index < -0.39 is 8.07 Å². The van der Waals surface area contributed by atoms with Crippen LogP contribution in [0.5, 0.6) is 0 Å². The number of rotatable bonds is 10. The van der Waals surface area contributed by atoms with E-state index in [1.165, 1.54) is 65.1 Å². The molecular weight excluding hydrogens is 781 g/mol. The lowest BCUT2D eigenvalue weighted by Crippen LogP contribution is -2.38. The van der Waals surface area contributed by atoms with Gasteiger partial charge in [0.1, 0.15) is 0 Å². The number of benzene rings is 7. The molecular formula is C58H48N4Si. The second-order valence-corrected chi connectivity index (χ2v) is 22.9. The summed E-state index contributed by atoms with van der Waals surface area (Å²) in [7, 11) is -1.59. The van der Waals surface area contributed by atoms with Gasteiger partial charge in [0, 0.05) is 82.4 Å². The minimum absolute atomic E-state index is 0.826. The lowest BCUT2D eigenvalue weighted by Gasteiger charge is -2.28. The Labute approximate surface area is 368 Å². The predicted octanol–water partition coefficient (Wildman–Crippen LogP) is 13.6. The van der Waals surface area contributed by atoms with E-state index in [2.05, 4.69) is 217 Å². The monoisotopic (exact) mass is 828 g/mol. The Morgan fingerprint density at radius 2 is 1.14 bits per heavy atom. The number of fused-ring (bicyclic) bond motifs is 9. The van der Waals surface area contributed by atoms with Crippen LogP contribution < -0.4 is 25.6 Å². The van der Waals surface area contributed by atoms with Gasteiger partial charge < -0.3 is 18.6 Å². The zero-order chi connectivity index (χ0) is 43.3. The molecule has 0 bridgehead atoms. The van der Waals surface area contributed by atoms with Gasteiger partial charge in [0.05, 0.1) is 35.7 Å². The van der Waals surface area contributed by atoms with Crippen LogP contribution >= 0.6 is 0 Å². The molecule has 4 heterocycles. The van der Waals surface area contributed by atoms with Crippen LogP contribution in [0, 0.1) is 6.92 Å². The summed E-state index contributed by atoms with van der Waals surface area (Å²) in [6.07, 6.45) is 7.86. The van der Waals surface area contributed by atoms with E-state index >= 15 is 0 Å². The fourth-order valence-electron chi connectivity index (χ4n) is 10.1. The highest BCUT2D eigenvalue weighted by Gasteiger charge is 2.24. The number of allylic oxidation sites excluding steroid dienone is 4. The minimum atomic E-state index is -1.59. The number of nitrogens with zero attached hydrogens (tertiary/aromatic N) is 4. The summed E-state index contributed by atoms with van der Waals surface area (Å²) in [5.41, 5.74) is 13.4. The molecule has 0 amide bonds. The Bertz CT molecular complexity index is 3820. The lowest BCUT2D eigenvalue weighted by atomic mass is 10.0. The quantitative estimate of drug-likeness (QED) is 0.101. The third-order valence-corrected chi connectivity index (χ3v) is 15.0. The van der Waals surface area contributed by atoms with Crippen molar-refractivity contribution in [3.8, 4) is 0 Å². The summed E-state index contributed by atoms with van der Waals surface area (Å²) in [6.45, 7) is 27.0. The SMILES string of the molecule is C=C/C=C(\C=C)N(C(=C)/C=c1\c(=C)n2c3cc4c5cccc6c7cc(N(c8ccccc8)c8cccc(C)c8)ccc7n(c4cc3c3cccc1c32)c65)c1cccc([Si](C)(C)C)c1. The van der Waals surface area contributed by atoms with E-state index in [9.17, 15) is 0 Å². The molecule has 63 heavy (non-hydrogen) atoms. The van der Waals surface area contributed by atoms with Crippen molar-refractivity contribution in [2.45, 2.75) is 26.6 Å². The van der Waals surface area contributed by atoms with Crippen molar-refractivity contribution < 1.29 is 0 Å². The molecule has 4 nitrogen and oxygen atoms in total. The van der Waals surface area contributed by atoms with Crippen LogP contribution in [0.1, 0.15) is 5.56 Å². The highest BCUT2D eigenvalue weighted by molar-refractivity contribution is 6.88. The van der Waals surface area contributed by atoms with Crippen molar-refractivity contribution in [2.75, 3.05) is 9.80 Å². The normalized spacial score (nSPS) is 12.9. The van der Waals surface area contributed by atoms with Gasteiger partial charge in [0.25, 0.3) is 0 Å². The van der Waals surface area contributed by atoms with Gasteiger partial charge in [-0.15, -0.1) is 0 Å². The van der Waals surface area contributed by atoms with Crippen LogP contribution in [0.2, 0.25) is 19.6 Å². The molecule has 0 atom stereocenters. The van der Waals surface area contributed by atoms with Crippen molar-refractivity contribution in [3.05, 3.63) is 211 Å². The number of hydrogen-bond donors (Lipinski definition) is 0. The molecule has 4 aromatic heterocycles. The maximum atomic E-state index is 4.78. The van der Waals surface area contributed by atoms with Gasteiger partial charge >= 0.3 is 0 Å². The van der Waals surface area contributed by atoms with E-state index in [0.29, 0.717) is 0 Å². The molecule has 0 N–H and O–H groups in total. The summed E-state index contributed by atoms with van der Waals surface area (Å²) >= 11 is 0. The van der Waals surface area contributed by atoms with Crippen LogP contribution in [0.25, 0.3) is 77.9 Å². The third kappa shape index (κ3) is 5.80. The van der Waals surface area contributed by atoms with Crippen LogP contribution in [-0.4, -0.2) is 16.9 Å². The first-order valence-electron chi connectivity index (χ1n) is 21.6. The fraction of sp³-hybridized carbons (Fsp3) is 0.0690. The second kappa shape index (κ2) is 14.2. The highest BCUT2D eigenvalue weighted by Crippen LogP contribution is 2.44. The largest absolute Gasteiger partial charge is 0.311 e. The maximum Gasteiger partial charge on any atom is 0.0776 e. The first-order chi connectivity index (χ1) is 30.5. The highest BCUT2D eigenvalue weighted by atomic mass is 28.3. The Morgan fingerprint density at radius 3 is 1.81 bits per heavy atom. The number of hydrogen-bond acceptors (Lipinski definition) is 2. The summed E-state index contributed by atoms with van der Waals surface area (Å²) in [6, 6.07) is 53.4. The molecule has 11 rings (SSSR count). The topological polar surface area (TPSA) is 15.3 Å². The molecule has 11 aromatic rings. The average molecular weight is 829 g/mol. The zero-order valence-corrected chi connectivity index (χ0v) is 37.3. The Morgan fingerprint density at radius 1 is 0.556 bits per heavy atom. The van der Waals surface area contributed by atoms with Gasteiger partial charge in [-0.25, -0.2) is 0 Å². The molecule has 0 aliphatic heterocycles. The first-order valence-corrected chi connectivity index (χ1v) is 25.1. The van der Waals surface area contributed by atoms with E-state index in [1.54, 1.807) is 0 Å². The van der Waals surface area contributed by atoms with Crippen molar-refractivity contribution >= 4 is 114 Å². The second-order valence-electron chi connectivity index (χ2n) is 17.8. The number of para-hydroxylation sites is 3. The predicted molar refractivity (Wildman–Crippen MR) is 276 cm³/mol. The summed E-state index contributed by atoms with van der Waals surface area (Å²) in [4.78, 5) is 4.54. The van der Waals surface area contributed by atoms with Gasteiger partial charge in [0.15, 0.2) is 0 Å². The van der Waals surface area contributed by atoms with Crippen molar-refractivity contribution in [1.82, 2.24) is 8.80 Å². The molecule has 0 unspecified atom stereocenters. The van der Waals surface area contributed by atoms with Gasteiger partial charge in [-0.05, 0) is 97.4 Å². The van der Waals surface area contributed by atoms with Crippen molar-refractivity contribution in [2.24, 2.45) is 0 Å². The average Bonchev–Trinajstić information content (AvgIpc) is 3.99. The molecule has 0 saturated carbocycles. The summed E-state index contributed by atoms with van der Waals surface area (Å²) in [5, 5.41) is 11.9. The smallest absolute Gasteiger partial charge is 0.0776 e. The third-order valence-electron chi connectivity index (χ3n) is 12.9. The van der Waals surface area contributed by atoms with Gasteiger partial charge in [-0.2, -0.15) is 0 Å². The molecule has 0 fully saturated rings. The molecule has 7 aromatic carbocycles. The molecule has 0 aliphatic rings. The van der Waals surface area contributed by atoms with Gasteiger partial charge in [-0.1, -0.05) is 136 Å². The molecule has 0 spiro atoms. The maximum absolute atomic E-state index is 4.78. The van der Waals surface area contributed by atoms with Gasteiger partial charge in [0.2, 0.25) is 0 Å². The van der Waals surface area contributed by atoms with E-state index in [4.69, 9.17) is 6.58 Å².